The van der Waals surface area contributed by atoms with Crippen LogP contribution in [0.15, 0.2) is 70.0 Å². The van der Waals surface area contributed by atoms with Gasteiger partial charge >= 0.3 is 5.63 Å². The molecule has 0 unspecified atom stereocenters. The van der Waals surface area contributed by atoms with Gasteiger partial charge in [0.05, 0.1) is 17.2 Å². The van der Waals surface area contributed by atoms with Gasteiger partial charge in [-0.15, -0.1) is 0 Å². The van der Waals surface area contributed by atoms with Gasteiger partial charge in [-0.2, -0.15) is 0 Å². The van der Waals surface area contributed by atoms with Crippen LogP contribution in [-0.2, 0) is 0 Å². The Balaban J connectivity index is 1.26. The van der Waals surface area contributed by atoms with Crippen LogP contribution >= 0.6 is 0 Å². The number of hydrogen-bond acceptors (Lipinski definition) is 6. The molecule has 150 valence electrons. The topological polar surface area (TPSA) is 85.5 Å². The summed E-state index contributed by atoms with van der Waals surface area (Å²) in [7, 11) is 0. The van der Waals surface area contributed by atoms with E-state index in [9.17, 15) is 9.59 Å². The van der Waals surface area contributed by atoms with E-state index >= 15 is 0 Å². The van der Waals surface area contributed by atoms with Crippen LogP contribution in [0.5, 0.6) is 5.88 Å². The summed E-state index contributed by atoms with van der Waals surface area (Å²) >= 11 is 0. The first-order valence-electron chi connectivity index (χ1n) is 9.88. The quantitative estimate of drug-likeness (QED) is 0.489. The summed E-state index contributed by atoms with van der Waals surface area (Å²) in [5.74, 6) is 0.173. The SMILES string of the molecule is O=C(c1cc2ccccc2oc1=O)N1CCC(Oc2cnc3ccccc3n2)CC1. The van der Waals surface area contributed by atoms with Crippen molar-refractivity contribution in [2.75, 3.05) is 13.1 Å². The second kappa shape index (κ2) is 7.59. The number of benzene rings is 2. The maximum Gasteiger partial charge on any atom is 0.349 e. The Morgan fingerprint density at radius 2 is 1.77 bits per heavy atom. The molecule has 30 heavy (non-hydrogen) atoms. The lowest BCUT2D eigenvalue weighted by atomic mass is 10.1. The number of para-hydroxylation sites is 3. The Morgan fingerprint density at radius 1 is 1.03 bits per heavy atom. The molecular formula is C23H19N3O4. The van der Waals surface area contributed by atoms with Crippen molar-refractivity contribution >= 4 is 27.9 Å². The molecule has 0 radical (unpaired) electrons. The first-order chi connectivity index (χ1) is 14.7. The Morgan fingerprint density at radius 3 is 2.60 bits per heavy atom. The van der Waals surface area contributed by atoms with E-state index in [4.69, 9.17) is 9.15 Å². The predicted molar refractivity (Wildman–Crippen MR) is 112 cm³/mol. The van der Waals surface area contributed by atoms with Crippen LogP contribution in [-0.4, -0.2) is 40.0 Å². The van der Waals surface area contributed by atoms with Gasteiger partial charge < -0.3 is 14.1 Å². The van der Waals surface area contributed by atoms with Crippen molar-refractivity contribution in [3.63, 3.8) is 0 Å². The molecule has 1 amide bonds. The van der Waals surface area contributed by atoms with Crippen LogP contribution in [0.3, 0.4) is 0 Å². The number of amides is 1. The van der Waals surface area contributed by atoms with Crippen molar-refractivity contribution in [3.05, 3.63) is 76.8 Å². The zero-order valence-corrected chi connectivity index (χ0v) is 16.2. The second-order valence-corrected chi connectivity index (χ2v) is 7.29. The predicted octanol–water partition coefficient (Wildman–Crippen LogP) is 3.42. The molecule has 1 aliphatic heterocycles. The van der Waals surface area contributed by atoms with Gasteiger partial charge in [-0.1, -0.05) is 30.3 Å². The number of fused-ring (bicyclic) bond motifs is 2. The number of aromatic nitrogens is 2. The molecule has 0 aliphatic carbocycles. The van der Waals surface area contributed by atoms with E-state index in [1.165, 1.54) is 0 Å². The van der Waals surface area contributed by atoms with Crippen LogP contribution in [0, 0.1) is 0 Å². The van der Waals surface area contributed by atoms with Crippen LogP contribution < -0.4 is 10.4 Å². The fourth-order valence-corrected chi connectivity index (χ4v) is 3.73. The standard InChI is InChI=1S/C23H19N3O4/c27-22(17-13-15-5-1-4-8-20(15)30-23(17)28)26-11-9-16(10-12-26)29-21-14-24-18-6-2-3-7-19(18)25-21/h1-8,13-14,16H,9-12H2. The average Bonchev–Trinajstić information content (AvgIpc) is 2.78. The highest BCUT2D eigenvalue weighted by Gasteiger charge is 2.27. The number of hydrogen-bond donors (Lipinski definition) is 0. The molecule has 0 bridgehead atoms. The Labute approximate surface area is 171 Å². The van der Waals surface area contributed by atoms with Gasteiger partial charge in [0, 0.05) is 31.3 Å². The molecule has 2 aromatic carbocycles. The monoisotopic (exact) mass is 401 g/mol. The van der Waals surface area contributed by atoms with Crippen molar-refractivity contribution in [2.45, 2.75) is 18.9 Å². The average molecular weight is 401 g/mol. The highest BCUT2D eigenvalue weighted by Crippen LogP contribution is 2.21. The molecule has 2 aromatic heterocycles. The maximum absolute atomic E-state index is 12.9. The van der Waals surface area contributed by atoms with E-state index in [-0.39, 0.29) is 17.6 Å². The number of rotatable bonds is 3. The van der Waals surface area contributed by atoms with Gasteiger partial charge in [-0.05, 0) is 24.3 Å². The largest absolute Gasteiger partial charge is 0.473 e. The summed E-state index contributed by atoms with van der Waals surface area (Å²) in [4.78, 5) is 35.7. The van der Waals surface area contributed by atoms with Crippen LogP contribution in [0.1, 0.15) is 23.2 Å². The van der Waals surface area contributed by atoms with E-state index in [2.05, 4.69) is 9.97 Å². The van der Waals surface area contributed by atoms with Gasteiger partial charge in [0.1, 0.15) is 17.3 Å². The third kappa shape index (κ3) is 3.50. The van der Waals surface area contributed by atoms with Crippen molar-refractivity contribution in [1.82, 2.24) is 14.9 Å². The number of carbonyl (C=O) groups is 1. The minimum atomic E-state index is -0.608. The molecule has 1 aliphatic rings. The van der Waals surface area contributed by atoms with Crippen molar-refractivity contribution < 1.29 is 13.9 Å². The number of likely N-dealkylation sites (tertiary alicyclic amines) is 1. The van der Waals surface area contributed by atoms with E-state index in [0.29, 0.717) is 37.4 Å². The normalized spacial score (nSPS) is 14.9. The van der Waals surface area contributed by atoms with Gasteiger partial charge in [0.15, 0.2) is 0 Å². The van der Waals surface area contributed by atoms with Gasteiger partial charge in [0.2, 0.25) is 5.88 Å². The molecule has 1 saturated heterocycles. The summed E-state index contributed by atoms with van der Waals surface area (Å²) in [6.07, 6.45) is 2.87. The molecule has 7 nitrogen and oxygen atoms in total. The maximum atomic E-state index is 12.9. The third-order valence-electron chi connectivity index (χ3n) is 5.31. The minimum Gasteiger partial charge on any atom is -0.473 e. The fourth-order valence-electron chi connectivity index (χ4n) is 3.73. The lowest BCUT2D eigenvalue weighted by Crippen LogP contribution is -2.43. The summed E-state index contributed by atoms with van der Waals surface area (Å²) < 4.78 is 11.3. The first-order valence-corrected chi connectivity index (χ1v) is 9.88. The van der Waals surface area contributed by atoms with Gasteiger partial charge in [-0.3, -0.25) is 4.79 Å². The van der Waals surface area contributed by atoms with Crippen molar-refractivity contribution in [2.24, 2.45) is 0 Å². The van der Waals surface area contributed by atoms with E-state index < -0.39 is 5.63 Å². The number of piperidine rings is 1. The second-order valence-electron chi connectivity index (χ2n) is 7.29. The Bertz CT molecular complexity index is 1290. The lowest BCUT2D eigenvalue weighted by Gasteiger charge is -2.31. The van der Waals surface area contributed by atoms with Gasteiger partial charge in [0.25, 0.3) is 5.91 Å². The summed E-state index contributed by atoms with van der Waals surface area (Å²) in [6, 6.07) is 16.4. The number of nitrogens with zero attached hydrogens (tertiary/aromatic N) is 3. The summed E-state index contributed by atoms with van der Waals surface area (Å²) in [5, 5.41) is 0.730. The minimum absolute atomic E-state index is 0.0578. The Hall–Kier alpha value is -3.74. The molecule has 4 aromatic rings. The fraction of sp³-hybridized carbons (Fsp3) is 0.217. The summed E-state index contributed by atoms with van der Waals surface area (Å²) in [5.41, 5.74) is 1.53. The highest BCUT2D eigenvalue weighted by molar-refractivity contribution is 5.96. The molecule has 0 N–H and O–H groups in total. The molecule has 0 spiro atoms. The number of ether oxygens (including phenoxy) is 1. The van der Waals surface area contributed by atoms with Crippen LogP contribution in [0.4, 0.5) is 0 Å². The third-order valence-corrected chi connectivity index (χ3v) is 5.31. The van der Waals surface area contributed by atoms with Crippen LogP contribution in [0.25, 0.3) is 22.0 Å². The smallest absolute Gasteiger partial charge is 0.349 e. The first kappa shape index (κ1) is 18.3. The highest BCUT2D eigenvalue weighted by atomic mass is 16.5. The number of carbonyl (C=O) groups excluding carboxylic acids is 1. The van der Waals surface area contributed by atoms with E-state index in [1.54, 1.807) is 29.3 Å². The lowest BCUT2D eigenvalue weighted by molar-refractivity contribution is 0.0584. The van der Waals surface area contributed by atoms with Crippen molar-refractivity contribution in [3.8, 4) is 5.88 Å². The molecule has 0 saturated carbocycles. The molecule has 3 heterocycles. The van der Waals surface area contributed by atoms with Gasteiger partial charge in [-0.25, -0.2) is 14.8 Å². The van der Waals surface area contributed by atoms with Crippen molar-refractivity contribution in [1.29, 1.82) is 0 Å². The summed E-state index contributed by atoms with van der Waals surface area (Å²) in [6.45, 7) is 0.994. The Kier molecular flexibility index (Phi) is 4.63. The van der Waals surface area contributed by atoms with E-state index in [0.717, 1.165) is 16.4 Å². The zero-order valence-electron chi connectivity index (χ0n) is 16.2. The molecule has 1 fully saturated rings. The van der Waals surface area contributed by atoms with Crippen LogP contribution in [0.2, 0.25) is 0 Å². The molecule has 7 heteroatoms. The van der Waals surface area contributed by atoms with E-state index in [1.807, 2.05) is 36.4 Å². The molecule has 0 atom stereocenters. The molecular weight excluding hydrogens is 382 g/mol. The molecule has 5 rings (SSSR count). The zero-order chi connectivity index (χ0) is 20.5.